The van der Waals surface area contributed by atoms with Crippen molar-refractivity contribution in [1.82, 2.24) is 0 Å². The summed E-state index contributed by atoms with van der Waals surface area (Å²) in [6.07, 6.45) is 0. The summed E-state index contributed by atoms with van der Waals surface area (Å²) in [4.78, 5) is 4.26. The van der Waals surface area contributed by atoms with E-state index in [2.05, 4.69) is 120 Å². The fourth-order valence-corrected chi connectivity index (χ4v) is 6.25. The van der Waals surface area contributed by atoms with E-state index in [4.69, 9.17) is 0 Å². The molecule has 3 rings (SSSR count). The molecule has 0 spiro atoms. The molecule has 0 atom stereocenters. The second-order valence-electron chi connectivity index (χ2n) is 9.11. The lowest BCUT2D eigenvalue weighted by Gasteiger charge is -2.25. The molecule has 1 heteroatoms. The van der Waals surface area contributed by atoms with Crippen LogP contribution in [-0.4, -0.2) is 0 Å². The van der Waals surface area contributed by atoms with Crippen molar-refractivity contribution in [3.05, 3.63) is 90.0 Å². The van der Waals surface area contributed by atoms with Gasteiger partial charge in [0, 0.05) is 11.1 Å². The summed E-state index contributed by atoms with van der Waals surface area (Å²) in [5, 5.41) is 0. The molecule has 0 amide bonds. The zero-order chi connectivity index (χ0) is 19.7. The lowest BCUT2D eigenvalue weighted by atomic mass is 9.87. The molecule has 140 valence electrons. The lowest BCUT2D eigenvalue weighted by molar-refractivity contribution is 0.574. The quantitative estimate of drug-likeness (QED) is 0.419. The van der Waals surface area contributed by atoms with Gasteiger partial charge in [-0.25, -0.2) is 0 Å². The van der Waals surface area contributed by atoms with Crippen LogP contribution < -0.4 is 0 Å². The van der Waals surface area contributed by atoms with Gasteiger partial charge in [0.2, 0.25) is 0 Å². The first-order valence-corrected chi connectivity index (χ1v) is 10.9. The first kappa shape index (κ1) is 19.8. The predicted molar refractivity (Wildman–Crippen MR) is 119 cm³/mol. The van der Waals surface area contributed by atoms with E-state index in [-0.39, 0.29) is 21.7 Å². The highest BCUT2D eigenvalue weighted by Crippen LogP contribution is 2.41. The number of hydrogen-bond acceptors (Lipinski definition) is 0. The van der Waals surface area contributed by atoms with Crippen LogP contribution >= 0.6 is 0 Å². The molecule has 0 radical (unpaired) electrons. The van der Waals surface area contributed by atoms with Gasteiger partial charge in [-0.05, 0) is 35.1 Å². The lowest BCUT2D eigenvalue weighted by Crippen LogP contribution is -2.21. The first-order valence-electron chi connectivity index (χ1n) is 9.68. The normalized spacial score (nSPS) is 12.4. The number of hydrogen-bond donors (Lipinski definition) is 0. The van der Waals surface area contributed by atoms with Crippen LogP contribution in [0.1, 0.15) is 52.7 Å². The molecule has 0 unspecified atom stereocenters. The molecule has 0 heterocycles. The smallest absolute Gasteiger partial charge is 0.0619 e. The Hall–Kier alpha value is -1.99. The molecule has 0 saturated heterocycles. The molecule has 0 aliphatic carbocycles. The van der Waals surface area contributed by atoms with E-state index < -0.39 is 0 Å². The first-order chi connectivity index (χ1) is 12.7. The molecule has 0 aliphatic rings. The van der Waals surface area contributed by atoms with Crippen LogP contribution in [0.2, 0.25) is 0 Å². The van der Waals surface area contributed by atoms with Gasteiger partial charge in [-0.2, -0.15) is 0 Å². The average Bonchev–Trinajstić information content (AvgIpc) is 2.62. The molecule has 0 saturated carbocycles. The van der Waals surface area contributed by atoms with Gasteiger partial charge in [-0.15, -0.1) is 0 Å². The molecular weight excluding hydrogens is 344 g/mol. The number of rotatable bonds is 3. The Balaban J connectivity index is 2.32. The van der Waals surface area contributed by atoms with E-state index in [1.807, 2.05) is 0 Å². The molecule has 3 aromatic rings. The SMILES string of the molecule is CC(C)(C)c1ccccc1[S+](c1ccccc1)c1ccccc1C(C)(C)C. The van der Waals surface area contributed by atoms with E-state index in [9.17, 15) is 0 Å². The molecule has 0 aromatic heterocycles. The molecule has 27 heavy (non-hydrogen) atoms. The van der Waals surface area contributed by atoms with Gasteiger partial charge in [-0.1, -0.05) is 96.1 Å². The third-order valence-corrected chi connectivity index (χ3v) is 7.14. The van der Waals surface area contributed by atoms with Crippen LogP contribution in [0.5, 0.6) is 0 Å². The summed E-state index contributed by atoms with van der Waals surface area (Å²) in [5.74, 6) is 0. The summed E-state index contributed by atoms with van der Waals surface area (Å²) in [7, 11) is -0.131. The maximum absolute atomic E-state index is 2.33. The van der Waals surface area contributed by atoms with Crippen LogP contribution in [0.25, 0.3) is 0 Å². The third-order valence-electron chi connectivity index (χ3n) is 4.81. The monoisotopic (exact) mass is 375 g/mol. The van der Waals surface area contributed by atoms with Crippen molar-refractivity contribution in [2.45, 2.75) is 67.1 Å². The van der Waals surface area contributed by atoms with Crippen molar-refractivity contribution >= 4 is 10.9 Å². The van der Waals surface area contributed by atoms with Gasteiger partial charge >= 0.3 is 0 Å². The zero-order valence-corrected chi connectivity index (χ0v) is 18.2. The van der Waals surface area contributed by atoms with Crippen molar-refractivity contribution in [1.29, 1.82) is 0 Å². The summed E-state index contributed by atoms with van der Waals surface area (Å²) >= 11 is 0. The van der Waals surface area contributed by atoms with Gasteiger partial charge in [0.25, 0.3) is 0 Å². The van der Waals surface area contributed by atoms with Crippen LogP contribution in [0.4, 0.5) is 0 Å². The van der Waals surface area contributed by atoms with Crippen molar-refractivity contribution in [3.63, 3.8) is 0 Å². The highest BCUT2D eigenvalue weighted by molar-refractivity contribution is 7.97. The average molecular weight is 376 g/mol. The molecule has 0 aliphatic heterocycles. The summed E-state index contributed by atoms with van der Waals surface area (Å²) < 4.78 is 0. The second-order valence-corrected chi connectivity index (χ2v) is 11.1. The van der Waals surface area contributed by atoms with Crippen LogP contribution in [0, 0.1) is 0 Å². The van der Waals surface area contributed by atoms with E-state index in [1.54, 1.807) is 0 Å². The topological polar surface area (TPSA) is 0 Å². The maximum Gasteiger partial charge on any atom is 0.170 e. The minimum absolute atomic E-state index is 0.104. The van der Waals surface area contributed by atoms with E-state index in [1.165, 1.54) is 25.8 Å². The van der Waals surface area contributed by atoms with Crippen LogP contribution in [-0.2, 0) is 21.7 Å². The largest absolute Gasteiger partial charge is 0.170 e. The van der Waals surface area contributed by atoms with Crippen LogP contribution in [0.3, 0.4) is 0 Å². The highest BCUT2D eigenvalue weighted by Gasteiger charge is 2.37. The standard InChI is InChI=1S/C26H31S/c1-25(2,3)21-16-10-12-18-23(21)27(20-14-8-7-9-15-20)24-19-13-11-17-22(24)26(4,5)6/h7-19H,1-6H3/q+1. The highest BCUT2D eigenvalue weighted by atomic mass is 32.2. The van der Waals surface area contributed by atoms with Gasteiger partial charge in [0.05, 0.1) is 10.9 Å². The fourth-order valence-electron chi connectivity index (χ4n) is 3.46. The van der Waals surface area contributed by atoms with Gasteiger partial charge in [-0.3, -0.25) is 0 Å². The Labute approximate surface area is 168 Å². The van der Waals surface area contributed by atoms with Crippen molar-refractivity contribution < 1.29 is 0 Å². The van der Waals surface area contributed by atoms with E-state index in [0.29, 0.717) is 0 Å². The Morgan fingerprint density at radius 1 is 0.481 bits per heavy atom. The van der Waals surface area contributed by atoms with Crippen LogP contribution in [0.15, 0.2) is 93.5 Å². The van der Waals surface area contributed by atoms with Crippen molar-refractivity contribution in [2.75, 3.05) is 0 Å². The van der Waals surface area contributed by atoms with Gasteiger partial charge in [0.1, 0.15) is 0 Å². The minimum atomic E-state index is -0.131. The molecule has 0 bridgehead atoms. The third kappa shape index (κ3) is 4.30. The summed E-state index contributed by atoms with van der Waals surface area (Å²) in [6.45, 7) is 13.9. The van der Waals surface area contributed by atoms with Gasteiger partial charge < -0.3 is 0 Å². The number of benzene rings is 3. The summed E-state index contributed by atoms with van der Waals surface area (Å²) in [6, 6.07) is 29.0. The Morgan fingerprint density at radius 3 is 1.26 bits per heavy atom. The predicted octanol–water partition coefficient (Wildman–Crippen LogP) is 7.38. The van der Waals surface area contributed by atoms with Crippen molar-refractivity contribution in [3.8, 4) is 0 Å². The molecule has 0 N–H and O–H groups in total. The maximum atomic E-state index is 2.33. The zero-order valence-electron chi connectivity index (χ0n) is 17.4. The fraction of sp³-hybridized carbons (Fsp3) is 0.308. The molecule has 3 aromatic carbocycles. The minimum Gasteiger partial charge on any atom is -0.0619 e. The molecule has 0 fully saturated rings. The summed E-state index contributed by atoms with van der Waals surface area (Å²) in [5.41, 5.74) is 3.07. The van der Waals surface area contributed by atoms with Gasteiger partial charge in [0.15, 0.2) is 14.7 Å². The van der Waals surface area contributed by atoms with Crippen molar-refractivity contribution in [2.24, 2.45) is 0 Å². The van der Waals surface area contributed by atoms with E-state index >= 15 is 0 Å². The Morgan fingerprint density at radius 2 is 0.852 bits per heavy atom. The molecule has 0 nitrogen and oxygen atoms in total. The Kier molecular flexibility index (Phi) is 5.53. The molecular formula is C26H31S+. The Bertz CT molecular complexity index is 838. The van der Waals surface area contributed by atoms with E-state index in [0.717, 1.165) is 0 Å². The second kappa shape index (κ2) is 7.56.